The molecular formula is C18H21NO2. The first kappa shape index (κ1) is 15.1. The molecule has 0 amide bonds. The zero-order chi connectivity index (χ0) is 15.1. The third kappa shape index (κ3) is 4.36. The van der Waals surface area contributed by atoms with Crippen LogP contribution in [0.4, 0.5) is 0 Å². The molecule has 3 N–H and O–H groups in total. The molecular weight excluding hydrogens is 262 g/mol. The summed E-state index contributed by atoms with van der Waals surface area (Å²) in [6.45, 7) is 4.15. The molecule has 0 bridgehead atoms. The van der Waals surface area contributed by atoms with Crippen molar-refractivity contribution in [1.29, 1.82) is 0 Å². The Kier molecular flexibility index (Phi) is 5.41. The van der Waals surface area contributed by atoms with Crippen LogP contribution in [0.3, 0.4) is 0 Å². The lowest BCUT2D eigenvalue weighted by Gasteiger charge is -2.14. The quantitative estimate of drug-likeness (QED) is 0.757. The average molecular weight is 283 g/mol. The summed E-state index contributed by atoms with van der Waals surface area (Å²) in [4.78, 5) is 0. The predicted octanol–water partition coefficient (Wildman–Crippen LogP) is 3.94. The Hall–Kier alpha value is -2.26. The van der Waals surface area contributed by atoms with Crippen LogP contribution in [-0.2, 0) is 6.61 Å². The SMILES string of the molecule is C=CCC[C@@H](N)c1ccc(OCc2ccccc2)cc1O. The Labute approximate surface area is 125 Å². The van der Waals surface area contributed by atoms with Crippen LogP contribution >= 0.6 is 0 Å². The standard InChI is InChI=1S/C18H21NO2/c1-2-3-9-17(19)16-11-10-15(12-18(16)20)21-13-14-7-5-4-6-8-14/h2,4-8,10-12,17,20H,1,3,9,13,19H2/t17-/m1/s1. The van der Waals surface area contributed by atoms with E-state index in [2.05, 4.69) is 6.58 Å². The number of benzene rings is 2. The largest absolute Gasteiger partial charge is 0.507 e. The normalized spacial score (nSPS) is 11.9. The Bertz CT molecular complexity index is 581. The summed E-state index contributed by atoms with van der Waals surface area (Å²) in [6, 6.07) is 15.0. The minimum absolute atomic E-state index is 0.178. The van der Waals surface area contributed by atoms with Crippen molar-refractivity contribution in [3.8, 4) is 11.5 Å². The number of rotatable bonds is 7. The van der Waals surface area contributed by atoms with E-state index in [1.807, 2.05) is 48.5 Å². The van der Waals surface area contributed by atoms with Gasteiger partial charge < -0.3 is 15.6 Å². The van der Waals surface area contributed by atoms with Crippen LogP contribution in [0.25, 0.3) is 0 Å². The lowest BCUT2D eigenvalue weighted by Crippen LogP contribution is -2.10. The number of phenolic OH excluding ortho intramolecular Hbond substituents is 1. The molecule has 2 aromatic carbocycles. The molecule has 3 heteroatoms. The topological polar surface area (TPSA) is 55.5 Å². The molecule has 0 saturated carbocycles. The second-order valence-corrected chi connectivity index (χ2v) is 4.97. The van der Waals surface area contributed by atoms with Crippen LogP contribution < -0.4 is 10.5 Å². The van der Waals surface area contributed by atoms with Crippen molar-refractivity contribution in [3.05, 3.63) is 72.3 Å². The molecule has 3 nitrogen and oxygen atoms in total. The van der Waals surface area contributed by atoms with Gasteiger partial charge >= 0.3 is 0 Å². The van der Waals surface area contributed by atoms with Gasteiger partial charge in [0.05, 0.1) is 0 Å². The first-order chi connectivity index (χ1) is 10.2. The third-order valence-corrected chi connectivity index (χ3v) is 3.33. The second-order valence-electron chi connectivity index (χ2n) is 4.97. The highest BCUT2D eigenvalue weighted by molar-refractivity contribution is 5.41. The smallest absolute Gasteiger partial charge is 0.124 e. The zero-order valence-corrected chi connectivity index (χ0v) is 12.0. The van der Waals surface area contributed by atoms with Crippen LogP contribution in [0.1, 0.15) is 30.0 Å². The van der Waals surface area contributed by atoms with Crippen molar-refractivity contribution in [3.63, 3.8) is 0 Å². The van der Waals surface area contributed by atoms with Crippen molar-refractivity contribution in [2.45, 2.75) is 25.5 Å². The fourth-order valence-corrected chi connectivity index (χ4v) is 2.12. The molecule has 0 spiro atoms. The summed E-state index contributed by atoms with van der Waals surface area (Å²) in [5.41, 5.74) is 7.87. The highest BCUT2D eigenvalue weighted by Crippen LogP contribution is 2.29. The molecule has 0 fully saturated rings. The number of hydrogen-bond acceptors (Lipinski definition) is 3. The first-order valence-corrected chi connectivity index (χ1v) is 7.07. The Balaban J connectivity index is 2.00. The molecule has 0 heterocycles. The number of allylic oxidation sites excluding steroid dienone is 1. The molecule has 0 aromatic heterocycles. The number of ether oxygens (including phenoxy) is 1. The second kappa shape index (κ2) is 7.50. The fourth-order valence-electron chi connectivity index (χ4n) is 2.12. The Morgan fingerprint density at radius 1 is 1.19 bits per heavy atom. The first-order valence-electron chi connectivity index (χ1n) is 7.07. The van der Waals surface area contributed by atoms with Crippen LogP contribution in [0.5, 0.6) is 11.5 Å². The minimum Gasteiger partial charge on any atom is -0.507 e. The maximum Gasteiger partial charge on any atom is 0.124 e. The van der Waals surface area contributed by atoms with Gasteiger partial charge in [0.25, 0.3) is 0 Å². The summed E-state index contributed by atoms with van der Waals surface area (Å²) in [6.07, 6.45) is 3.42. The van der Waals surface area contributed by atoms with E-state index in [0.29, 0.717) is 12.4 Å². The number of hydrogen-bond donors (Lipinski definition) is 2. The maximum absolute atomic E-state index is 10.1. The average Bonchev–Trinajstić information content (AvgIpc) is 2.51. The van der Waals surface area contributed by atoms with Crippen molar-refractivity contribution in [2.24, 2.45) is 5.73 Å². The van der Waals surface area contributed by atoms with E-state index in [9.17, 15) is 5.11 Å². The van der Waals surface area contributed by atoms with E-state index in [1.54, 1.807) is 6.07 Å². The van der Waals surface area contributed by atoms with E-state index < -0.39 is 0 Å². The van der Waals surface area contributed by atoms with Gasteiger partial charge in [-0.15, -0.1) is 6.58 Å². The Morgan fingerprint density at radius 3 is 2.62 bits per heavy atom. The van der Waals surface area contributed by atoms with Crippen molar-refractivity contribution < 1.29 is 9.84 Å². The number of phenols is 1. The van der Waals surface area contributed by atoms with Gasteiger partial charge in [0, 0.05) is 17.7 Å². The molecule has 0 radical (unpaired) electrons. The van der Waals surface area contributed by atoms with E-state index in [4.69, 9.17) is 10.5 Å². The third-order valence-electron chi connectivity index (χ3n) is 3.33. The fraction of sp³-hybridized carbons (Fsp3) is 0.222. The molecule has 21 heavy (non-hydrogen) atoms. The van der Waals surface area contributed by atoms with E-state index in [-0.39, 0.29) is 11.8 Å². The van der Waals surface area contributed by atoms with Crippen LogP contribution in [-0.4, -0.2) is 5.11 Å². The summed E-state index contributed by atoms with van der Waals surface area (Å²) in [7, 11) is 0. The van der Waals surface area contributed by atoms with Gasteiger partial charge in [-0.05, 0) is 24.5 Å². The van der Waals surface area contributed by atoms with Gasteiger partial charge in [0.2, 0.25) is 0 Å². The summed E-state index contributed by atoms with van der Waals surface area (Å²) in [5, 5.41) is 10.1. The van der Waals surface area contributed by atoms with Crippen molar-refractivity contribution in [1.82, 2.24) is 0 Å². The van der Waals surface area contributed by atoms with Crippen LogP contribution in [0.15, 0.2) is 61.2 Å². The van der Waals surface area contributed by atoms with Gasteiger partial charge in [-0.3, -0.25) is 0 Å². The lowest BCUT2D eigenvalue weighted by molar-refractivity contribution is 0.304. The van der Waals surface area contributed by atoms with Gasteiger partial charge in [-0.2, -0.15) is 0 Å². The summed E-state index contributed by atoms with van der Waals surface area (Å²) >= 11 is 0. The predicted molar refractivity (Wildman–Crippen MR) is 85.2 cm³/mol. The highest BCUT2D eigenvalue weighted by atomic mass is 16.5. The summed E-state index contributed by atoms with van der Waals surface area (Å²) in [5.74, 6) is 0.813. The number of aromatic hydroxyl groups is 1. The molecule has 2 rings (SSSR count). The van der Waals surface area contributed by atoms with Crippen LogP contribution in [0, 0.1) is 0 Å². The Morgan fingerprint density at radius 2 is 1.95 bits per heavy atom. The summed E-state index contributed by atoms with van der Waals surface area (Å²) < 4.78 is 5.67. The van der Waals surface area contributed by atoms with Gasteiger partial charge in [0.1, 0.15) is 18.1 Å². The molecule has 0 aliphatic rings. The molecule has 1 atom stereocenters. The molecule has 110 valence electrons. The van der Waals surface area contributed by atoms with E-state index in [0.717, 1.165) is 24.0 Å². The molecule has 2 aromatic rings. The molecule has 0 saturated heterocycles. The molecule has 0 aliphatic heterocycles. The van der Waals surface area contributed by atoms with Crippen molar-refractivity contribution >= 4 is 0 Å². The van der Waals surface area contributed by atoms with Crippen molar-refractivity contribution in [2.75, 3.05) is 0 Å². The van der Waals surface area contributed by atoms with Gasteiger partial charge in [-0.1, -0.05) is 42.5 Å². The van der Waals surface area contributed by atoms with Crippen LogP contribution in [0.2, 0.25) is 0 Å². The minimum atomic E-state index is -0.189. The monoisotopic (exact) mass is 283 g/mol. The van der Waals surface area contributed by atoms with E-state index in [1.165, 1.54) is 0 Å². The van der Waals surface area contributed by atoms with Gasteiger partial charge in [-0.25, -0.2) is 0 Å². The zero-order valence-electron chi connectivity index (χ0n) is 12.0. The maximum atomic E-state index is 10.1. The highest BCUT2D eigenvalue weighted by Gasteiger charge is 2.11. The molecule has 0 aliphatic carbocycles. The lowest BCUT2D eigenvalue weighted by atomic mass is 10.0. The molecule has 0 unspecified atom stereocenters. The number of nitrogens with two attached hydrogens (primary N) is 1. The van der Waals surface area contributed by atoms with E-state index >= 15 is 0 Å². The van der Waals surface area contributed by atoms with Gasteiger partial charge in [0.15, 0.2) is 0 Å².